The first kappa shape index (κ1) is 17.0. The highest BCUT2D eigenvalue weighted by Gasteiger charge is 2.23. The van der Waals surface area contributed by atoms with Crippen LogP contribution in [0.3, 0.4) is 0 Å². The molecule has 2 aromatic rings. The quantitative estimate of drug-likeness (QED) is 0.902. The van der Waals surface area contributed by atoms with Crippen molar-refractivity contribution in [2.75, 3.05) is 13.2 Å². The Hall–Kier alpha value is -1.81. The Labute approximate surface area is 143 Å². The summed E-state index contributed by atoms with van der Waals surface area (Å²) in [4.78, 5) is 19.0. The average Bonchev–Trinajstić information content (AvgIpc) is 2.60. The van der Waals surface area contributed by atoms with Crippen molar-refractivity contribution in [1.29, 1.82) is 0 Å². The first-order chi connectivity index (χ1) is 11.6. The molecule has 1 aromatic carbocycles. The summed E-state index contributed by atoms with van der Waals surface area (Å²) in [6.07, 6.45) is 4.93. The Morgan fingerprint density at radius 3 is 2.88 bits per heavy atom. The van der Waals surface area contributed by atoms with Crippen molar-refractivity contribution in [3.8, 4) is 5.75 Å². The fraction of sp³-hybridized carbons (Fsp3) is 0.550. The maximum Gasteiger partial charge on any atom is 0.194 e. The number of fused-ring (bicyclic) bond motifs is 1. The standard InChI is InChI=1S/C20H28N2O2/c1-4-15-8-6-7-11-22(15)13-18-14(3)21-19-10-9-16(24-5-2)12-17(19)20(18)23/h9-10,12,15H,4-8,11,13H2,1-3H3,(H,21,23). The summed E-state index contributed by atoms with van der Waals surface area (Å²) in [5, 5.41) is 0.728. The molecule has 0 radical (unpaired) electrons. The predicted molar refractivity (Wildman–Crippen MR) is 98.8 cm³/mol. The number of benzene rings is 1. The number of hydrogen-bond donors (Lipinski definition) is 1. The first-order valence-corrected chi connectivity index (χ1v) is 9.16. The minimum atomic E-state index is 0.142. The van der Waals surface area contributed by atoms with Gasteiger partial charge in [-0.05, 0) is 57.9 Å². The SMILES string of the molecule is CCOc1ccc2[nH]c(C)c(CN3CCCCC3CC)c(=O)c2c1. The van der Waals surface area contributed by atoms with Gasteiger partial charge in [-0.1, -0.05) is 13.3 Å². The van der Waals surface area contributed by atoms with E-state index in [0.717, 1.165) is 47.4 Å². The van der Waals surface area contributed by atoms with Crippen molar-refractivity contribution in [2.24, 2.45) is 0 Å². The summed E-state index contributed by atoms with van der Waals surface area (Å²) in [6.45, 7) is 8.65. The number of rotatable bonds is 5. The van der Waals surface area contributed by atoms with Gasteiger partial charge in [-0.15, -0.1) is 0 Å². The number of ether oxygens (including phenoxy) is 1. The number of hydrogen-bond acceptors (Lipinski definition) is 3. The van der Waals surface area contributed by atoms with Gasteiger partial charge >= 0.3 is 0 Å². The highest BCUT2D eigenvalue weighted by Crippen LogP contribution is 2.23. The molecule has 1 unspecified atom stereocenters. The lowest BCUT2D eigenvalue weighted by atomic mass is 9.98. The van der Waals surface area contributed by atoms with Gasteiger partial charge in [0.15, 0.2) is 5.43 Å². The van der Waals surface area contributed by atoms with E-state index in [1.54, 1.807) is 0 Å². The van der Waals surface area contributed by atoms with Crippen LogP contribution in [-0.2, 0) is 6.54 Å². The van der Waals surface area contributed by atoms with Crippen molar-refractivity contribution in [3.05, 3.63) is 39.7 Å². The second-order valence-electron chi connectivity index (χ2n) is 6.73. The molecule has 0 aliphatic carbocycles. The van der Waals surface area contributed by atoms with E-state index in [4.69, 9.17) is 4.74 Å². The summed E-state index contributed by atoms with van der Waals surface area (Å²) in [5.74, 6) is 0.759. The summed E-state index contributed by atoms with van der Waals surface area (Å²) in [5.41, 5.74) is 2.91. The molecule has 4 nitrogen and oxygen atoms in total. The molecule has 0 saturated carbocycles. The first-order valence-electron chi connectivity index (χ1n) is 9.16. The number of likely N-dealkylation sites (tertiary alicyclic amines) is 1. The number of aryl methyl sites for hydroxylation is 1. The van der Waals surface area contributed by atoms with Gasteiger partial charge in [-0.2, -0.15) is 0 Å². The number of nitrogens with zero attached hydrogens (tertiary/aromatic N) is 1. The normalized spacial score (nSPS) is 18.9. The van der Waals surface area contributed by atoms with E-state index in [-0.39, 0.29) is 5.43 Å². The minimum Gasteiger partial charge on any atom is -0.494 e. The Morgan fingerprint density at radius 1 is 1.29 bits per heavy atom. The molecule has 3 rings (SSSR count). The lowest BCUT2D eigenvalue weighted by molar-refractivity contribution is 0.135. The number of nitrogens with one attached hydrogen (secondary N) is 1. The largest absolute Gasteiger partial charge is 0.494 e. The van der Waals surface area contributed by atoms with Crippen molar-refractivity contribution >= 4 is 10.9 Å². The van der Waals surface area contributed by atoms with Crippen molar-refractivity contribution in [2.45, 2.75) is 59.0 Å². The van der Waals surface area contributed by atoms with Crippen LogP contribution in [0.2, 0.25) is 0 Å². The summed E-state index contributed by atoms with van der Waals surface area (Å²) >= 11 is 0. The van der Waals surface area contributed by atoms with Gasteiger partial charge < -0.3 is 9.72 Å². The van der Waals surface area contributed by atoms with Crippen molar-refractivity contribution in [1.82, 2.24) is 9.88 Å². The monoisotopic (exact) mass is 328 g/mol. The van der Waals surface area contributed by atoms with Crippen LogP contribution in [-0.4, -0.2) is 29.1 Å². The third-order valence-corrected chi connectivity index (χ3v) is 5.18. The van der Waals surface area contributed by atoms with Crippen LogP contribution in [0.4, 0.5) is 0 Å². The highest BCUT2D eigenvalue weighted by molar-refractivity contribution is 5.81. The molecule has 1 aliphatic heterocycles. The molecule has 0 spiro atoms. The molecule has 1 fully saturated rings. The molecule has 1 aromatic heterocycles. The van der Waals surface area contributed by atoms with E-state index in [1.807, 2.05) is 32.0 Å². The van der Waals surface area contributed by atoms with Gasteiger partial charge in [0, 0.05) is 34.7 Å². The number of aromatic amines is 1. The molecule has 4 heteroatoms. The highest BCUT2D eigenvalue weighted by atomic mass is 16.5. The van der Waals surface area contributed by atoms with Crippen molar-refractivity contribution in [3.63, 3.8) is 0 Å². The molecule has 1 saturated heterocycles. The van der Waals surface area contributed by atoms with Crippen LogP contribution in [0.1, 0.15) is 50.8 Å². The van der Waals surface area contributed by atoms with Crippen LogP contribution in [0.5, 0.6) is 5.75 Å². The lowest BCUT2D eigenvalue weighted by Gasteiger charge is -2.35. The van der Waals surface area contributed by atoms with E-state index in [0.29, 0.717) is 12.6 Å². The van der Waals surface area contributed by atoms with E-state index in [9.17, 15) is 4.79 Å². The van der Waals surface area contributed by atoms with Crippen LogP contribution in [0.25, 0.3) is 10.9 Å². The number of piperidine rings is 1. The number of pyridine rings is 1. The Kier molecular flexibility index (Phi) is 5.24. The summed E-state index contributed by atoms with van der Waals surface area (Å²) in [7, 11) is 0. The second kappa shape index (κ2) is 7.39. The van der Waals surface area contributed by atoms with Gasteiger partial charge in [0.1, 0.15) is 5.75 Å². The Morgan fingerprint density at radius 2 is 2.12 bits per heavy atom. The Balaban J connectivity index is 1.99. The lowest BCUT2D eigenvalue weighted by Crippen LogP contribution is -2.39. The Bertz CT molecular complexity index is 766. The van der Waals surface area contributed by atoms with Gasteiger partial charge in [0.05, 0.1) is 6.61 Å². The van der Waals surface area contributed by atoms with Gasteiger partial charge in [0.2, 0.25) is 0 Å². The van der Waals surface area contributed by atoms with Crippen LogP contribution in [0.15, 0.2) is 23.0 Å². The van der Waals surface area contributed by atoms with Gasteiger partial charge in [-0.3, -0.25) is 9.69 Å². The zero-order chi connectivity index (χ0) is 17.1. The van der Waals surface area contributed by atoms with Gasteiger partial charge in [-0.25, -0.2) is 0 Å². The third kappa shape index (κ3) is 3.34. The molecule has 1 N–H and O–H groups in total. The molecule has 130 valence electrons. The number of H-pyrrole nitrogens is 1. The molecule has 24 heavy (non-hydrogen) atoms. The average molecular weight is 328 g/mol. The molecular formula is C20H28N2O2. The van der Waals surface area contributed by atoms with Crippen LogP contribution in [0, 0.1) is 6.92 Å². The molecule has 1 aliphatic rings. The number of aromatic nitrogens is 1. The van der Waals surface area contributed by atoms with Gasteiger partial charge in [0.25, 0.3) is 0 Å². The molecule has 2 heterocycles. The zero-order valence-corrected chi connectivity index (χ0v) is 15.0. The predicted octanol–water partition coefficient (Wildman–Crippen LogP) is 4.00. The smallest absolute Gasteiger partial charge is 0.194 e. The molecular weight excluding hydrogens is 300 g/mol. The summed E-state index contributed by atoms with van der Waals surface area (Å²) in [6, 6.07) is 6.32. The molecule has 0 amide bonds. The zero-order valence-electron chi connectivity index (χ0n) is 15.0. The van der Waals surface area contributed by atoms with Crippen molar-refractivity contribution < 1.29 is 4.74 Å². The minimum absolute atomic E-state index is 0.142. The maximum absolute atomic E-state index is 13.1. The van der Waals surface area contributed by atoms with E-state index in [2.05, 4.69) is 16.8 Å². The van der Waals surface area contributed by atoms with Crippen LogP contribution < -0.4 is 10.2 Å². The summed E-state index contributed by atoms with van der Waals surface area (Å²) < 4.78 is 5.56. The van der Waals surface area contributed by atoms with E-state index >= 15 is 0 Å². The fourth-order valence-corrected chi connectivity index (χ4v) is 3.81. The maximum atomic E-state index is 13.1. The fourth-order valence-electron chi connectivity index (χ4n) is 3.81. The van der Waals surface area contributed by atoms with E-state index in [1.165, 1.54) is 19.3 Å². The molecule has 1 atom stereocenters. The van der Waals surface area contributed by atoms with Crippen LogP contribution >= 0.6 is 0 Å². The second-order valence-corrected chi connectivity index (χ2v) is 6.73. The third-order valence-electron chi connectivity index (χ3n) is 5.18. The van der Waals surface area contributed by atoms with E-state index < -0.39 is 0 Å². The topological polar surface area (TPSA) is 45.3 Å². The molecule has 0 bridgehead atoms.